The second-order valence-electron chi connectivity index (χ2n) is 3.67. The van der Waals surface area contributed by atoms with Crippen molar-refractivity contribution in [1.82, 2.24) is 5.32 Å². The Balaban J connectivity index is 2.57. The van der Waals surface area contributed by atoms with Gasteiger partial charge in [-0.1, -0.05) is 18.2 Å². The number of hydrogen-bond donors (Lipinski definition) is 1. The highest BCUT2D eigenvalue weighted by Gasteiger charge is 2.24. The van der Waals surface area contributed by atoms with Crippen LogP contribution in [0.1, 0.15) is 12.5 Å². The lowest BCUT2D eigenvalue weighted by Gasteiger charge is -2.06. The molecule has 1 aliphatic heterocycles. The van der Waals surface area contributed by atoms with Crippen LogP contribution >= 0.6 is 0 Å². The van der Waals surface area contributed by atoms with Gasteiger partial charge in [0.1, 0.15) is 0 Å². The minimum atomic E-state index is -3.09. The summed E-state index contributed by atoms with van der Waals surface area (Å²) in [5.41, 5.74) is 0.872. The molecule has 76 valence electrons. The largest absolute Gasteiger partial charge is 0.309 e. The van der Waals surface area contributed by atoms with Gasteiger partial charge in [-0.3, -0.25) is 0 Å². The van der Waals surface area contributed by atoms with Crippen molar-refractivity contribution in [3.05, 3.63) is 29.8 Å². The van der Waals surface area contributed by atoms with E-state index in [-0.39, 0.29) is 11.8 Å². The molecule has 0 spiro atoms. The molecule has 0 saturated heterocycles. The molecule has 1 heterocycles. The molecule has 4 heteroatoms. The van der Waals surface area contributed by atoms with Gasteiger partial charge in [0.15, 0.2) is 9.84 Å². The summed E-state index contributed by atoms with van der Waals surface area (Å²) in [4.78, 5) is 0.483. The second kappa shape index (κ2) is 3.37. The van der Waals surface area contributed by atoms with Gasteiger partial charge in [-0.05, 0) is 18.6 Å². The SMILES string of the molecule is CC1CS(=O)(=O)c2ccccc2CN1. The summed E-state index contributed by atoms with van der Waals surface area (Å²) < 4.78 is 23.7. The minimum absolute atomic E-state index is 0.0207. The van der Waals surface area contributed by atoms with Crippen molar-refractivity contribution in [2.75, 3.05) is 5.75 Å². The fraction of sp³-hybridized carbons (Fsp3) is 0.400. The summed E-state index contributed by atoms with van der Waals surface area (Å²) in [6.45, 7) is 2.53. The van der Waals surface area contributed by atoms with E-state index in [1.165, 1.54) is 0 Å². The van der Waals surface area contributed by atoms with E-state index >= 15 is 0 Å². The number of rotatable bonds is 0. The molecule has 0 aliphatic carbocycles. The zero-order valence-electron chi connectivity index (χ0n) is 8.03. The fourth-order valence-electron chi connectivity index (χ4n) is 1.72. The number of hydrogen-bond acceptors (Lipinski definition) is 3. The summed E-state index contributed by atoms with van der Waals surface area (Å²) in [7, 11) is -3.09. The van der Waals surface area contributed by atoms with E-state index in [2.05, 4.69) is 5.32 Å². The Morgan fingerprint density at radius 1 is 1.36 bits per heavy atom. The van der Waals surface area contributed by atoms with Gasteiger partial charge in [-0.2, -0.15) is 0 Å². The van der Waals surface area contributed by atoms with Crippen molar-refractivity contribution in [1.29, 1.82) is 0 Å². The zero-order valence-corrected chi connectivity index (χ0v) is 8.84. The van der Waals surface area contributed by atoms with Crippen LogP contribution in [-0.2, 0) is 16.4 Å². The average molecular weight is 211 g/mol. The Kier molecular flexibility index (Phi) is 2.33. The van der Waals surface area contributed by atoms with Crippen molar-refractivity contribution in [2.45, 2.75) is 24.4 Å². The standard InChI is InChI=1S/C10H13NO2S/c1-8-7-14(12,13)10-5-3-2-4-9(10)6-11-8/h2-5,8,11H,6-7H2,1H3. The van der Waals surface area contributed by atoms with Crippen LogP contribution in [-0.4, -0.2) is 20.2 Å². The van der Waals surface area contributed by atoms with Crippen LogP contribution in [0.25, 0.3) is 0 Å². The maximum Gasteiger partial charge on any atom is 0.180 e. The van der Waals surface area contributed by atoms with Gasteiger partial charge < -0.3 is 5.32 Å². The Bertz CT molecular complexity index is 439. The first-order valence-corrected chi connectivity index (χ1v) is 6.29. The molecular weight excluding hydrogens is 198 g/mol. The highest BCUT2D eigenvalue weighted by Crippen LogP contribution is 2.20. The lowest BCUT2D eigenvalue weighted by atomic mass is 10.2. The van der Waals surface area contributed by atoms with Crippen LogP contribution in [0.5, 0.6) is 0 Å². The van der Waals surface area contributed by atoms with Gasteiger partial charge in [0.25, 0.3) is 0 Å². The Morgan fingerprint density at radius 2 is 2.07 bits per heavy atom. The molecule has 1 unspecified atom stereocenters. The summed E-state index contributed by atoms with van der Waals surface area (Å²) in [6.07, 6.45) is 0. The lowest BCUT2D eigenvalue weighted by Crippen LogP contribution is -2.29. The summed E-state index contributed by atoms with van der Waals surface area (Å²) in [5.74, 6) is 0.185. The summed E-state index contributed by atoms with van der Waals surface area (Å²) in [6, 6.07) is 7.20. The van der Waals surface area contributed by atoms with E-state index in [0.29, 0.717) is 11.4 Å². The van der Waals surface area contributed by atoms with E-state index in [4.69, 9.17) is 0 Å². The molecule has 0 bridgehead atoms. The van der Waals surface area contributed by atoms with Crippen molar-refractivity contribution in [2.24, 2.45) is 0 Å². The van der Waals surface area contributed by atoms with E-state index in [1.807, 2.05) is 19.1 Å². The van der Waals surface area contributed by atoms with Crippen LogP contribution < -0.4 is 5.32 Å². The first-order chi connectivity index (χ1) is 6.59. The first kappa shape index (κ1) is 9.68. The van der Waals surface area contributed by atoms with Crippen molar-refractivity contribution < 1.29 is 8.42 Å². The molecule has 1 N–H and O–H groups in total. The van der Waals surface area contributed by atoms with E-state index in [0.717, 1.165) is 5.56 Å². The number of fused-ring (bicyclic) bond motifs is 1. The third-order valence-corrected chi connectivity index (χ3v) is 4.43. The van der Waals surface area contributed by atoms with Crippen molar-refractivity contribution in [3.63, 3.8) is 0 Å². The van der Waals surface area contributed by atoms with Gasteiger partial charge in [0.2, 0.25) is 0 Å². The van der Waals surface area contributed by atoms with Crippen LogP contribution in [0.3, 0.4) is 0 Å². The molecule has 1 aromatic rings. The Hall–Kier alpha value is -0.870. The molecule has 1 atom stereocenters. The predicted molar refractivity (Wildman–Crippen MR) is 54.8 cm³/mol. The Morgan fingerprint density at radius 3 is 2.86 bits per heavy atom. The highest BCUT2D eigenvalue weighted by atomic mass is 32.2. The third-order valence-electron chi connectivity index (χ3n) is 2.42. The van der Waals surface area contributed by atoms with E-state index in [1.54, 1.807) is 12.1 Å². The molecule has 14 heavy (non-hydrogen) atoms. The Labute approximate surface area is 84.1 Å². The quantitative estimate of drug-likeness (QED) is 0.695. The normalized spacial score (nSPS) is 25.1. The van der Waals surface area contributed by atoms with Crippen molar-refractivity contribution in [3.8, 4) is 0 Å². The maximum absolute atomic E-state index is 11.9. The number of nitrogens with one attached hydrogen (secondary N) is 1. The third kappa shape index (κ3) is 1.67. The molecular formula is C10H13NO2S. The van der Waals surface area contributed by atoms with Gasteiger partial charge in [0.05, 0.1) is 10.6 Å². The summed E-state index contributed by atoms with van der Waals surface area (Å²) >= 11 is 0. The molecule has 0 saturated carbocycles. The van der Waals surface area contributed by atoms with E-state index in [9.17, 15) is 8.42 Å². The smallest absolute Gasteiger partial charge is 0.180 e. The predicted octanol–water partition coefficient (Wildman–Crippen LogP) is 0.952. The monoisotopic (exact) mass is 211 g/mol. The van der Waals surface area contributed by atoms with E-state index < -0.39 is 9.84 Å². The molecule has 0 amide bonds. The topological polar surface area (TPSA) is 46.2 Å². The second-order valence-corrected chi connectivity index (χ2v) is 5.67. The van der Waals surface area contributed by atoms with Gasteiger partial charge in [-0.15, -0.1) is 0 Å². The molecule has 0 radical (unpaired) electrons. The summed E-state index contributed by atoms with van der Waals surface area (Å²) in [5, 5.41) is 3.18. The van der Waals surface area contributed by atoms with Crippen LogP contribution in [0.2, 0.25) is 0 Å². The van der Waals surface area contributed by atoms with Gasteiger partial charge >= 0.3 is 0 Å². The first-order valence-electron chi connectivity index (χ1n) is 4.63. The molecule has 3 nitrogen and oxygen atoms in total. The lowest BCUT2D eigenvalue weighted by molar-refractivity contribution is 0.570. The molecule has 1 aliphatic rings. The number of benzene rings is 1. The number of sulfone groups is 1. The average Bonchev–Trinajstić information content (AvgIpc) is 2.24. The van der Waals surface area contributed by atoms with Crippen LogP contribution in [0.4, 0.5) is 0 Å². The molecule has 0 fully saturated rings. The highest BCUT2D eigenvalue weighted by molar-refractivity contribution is 7.91. The fourth-order valence-corrected chi connectivity index (χ4v) is 3.50. The van der Waals surface area contributed by atoms with Crippen LogP contribution in [0, 0.1) is 0 Å². The van der Waals surface area contributed by atoms with Crippen molar-refractivity contribution >= 4 is 9.84 Å². The zero-order chi connectivity index (χ0) is 10.2. The van der Waals surface area contributed by atoms with Gasteiger partial charge in [0, 0.05) is 12.6 Å². The van der Waals surface area contributed by atoms with Gasteiger partial charge in [-0.25, -0.2) is 8.42 Å². The maximum atomic E-state index is 11.9. The van der Waals surface area contributed by atoms with Crippen LogP contribution in [0.15, 0.2) is 29.2 Å². The molecule has 1 aromatic carbocycles. The molecule has 2 rings (SSSR count). The minimum Gasteiger partial charge on any atom is -0.309 e. The molecule has 0 aromatic heterocycles.